The molecule has 0 aromatic carbocycles. The second-order valence-electron chi connectivity index (χ2n) is 4.67. The first-order valence-electron chi connectivity index (χ1n) is 6.01. The maximum Gasteiger partial charge on any atom is 0.154 e. The van der Waals surface area contributed by atoms with Crippen LogP contribution in [0, 0.1) is 0 Å². The Morgan fingerprint density at radius 2 is 2.47 bits per heavy atom. The number of nitrogens with zero attached hydrogens (tertiary/aromatic N) is 3. The van der Waals surface area contributed by atoms with Gasteiger partial charge in [0.05, 0.1) is 12.0 Å². The quantitative estimate of drug-likeness (QED) is 0.769. The van der Waals surface area contributed by atoms with Gasteiger partial charge in [-0.15, -0.1) is 0 Å². The van der Waals surface area contributed by atoms with E-state index >= 15 is 0 Å². The number of ether oxygens (including phenoxy) is 1. The van der Waals surface area contributed by atoms with Crippen molar-refractivity contribution in [3.63, 3.8) is 0 Å². The minimum absolute atomic E-state index is 0.316. The third kappa shape index (κ3) is 1.78. The number of aldehydes is 1. The molecule has 0 amide bonds. The van der Waals surface area contributed by atoms with Crippen LogP contribution in [0.5, 0.6) is 0 Å². The van der Waals surface area contributed by atoms with Gasteiger partial charge >= 0.3 is 0 Å². The van der Waals surface area contributed by atoms with Crippen LogP contribution in [0.3, 0.4) is 0 Å². The fourth-order valence-electron chi connectivity index (χ4n) is 2.42. The molecule has 2 unspecified atom stereocenters. The molecule has 2 aromatic rings. The van der Waals surface area contributed by atoms with Crippen LogP contribution in [0.25, 0.3) is 11.0 Å². The smallest absolute Gasteiger partial charge is 0.154 e. The number of aliphatic hydroxyl groups excluding tert-OH is 1. The van der Waals surface area contributed by atoms with Crippen molar-refractivity contribution < 1.29 is 14.6 Å². The van der Waals surface area contributed by atoms with E-state index in [4.69, 9.17) is 10.5 Å². The Morgan fingerprint density at radius 1 is 1.63 bits per heavy atom. The number of aromatic nitrogens is 3. The zero-order chi connectivity index (χ0) is 13.5. The predicted octanol–water partition coefficient (Wildman–Crippen LogP) is 0.252. The fourth-order valence-corrected chi connectivity index (χ4v) is 2.42. The van der Waals surface area contributed by atoms with Crippen molar-refractivity contribution in [2.45, 2.75) is 24.7 Å². The molecule has 7 nitrogen and oxygen atoms in total. The van der Waals surface area contributed by atoms with E-state index in [9.17, 15) is 9.90 Å². The molecule has 3 N–H and O–H groups in total. The Labute approximate surface area is 109 Å². The fraction of sp³-hybridized carbons (Fsp3) is 0.417. The van der Waals surface area contributed by atoms with Gasteiger partial charge in [-0.3, -0.25) is 0 Å². The van der Waals surface area contributed by atoms with Gasteiger partial charge < -0.3 is 24.9 Å². The molecule has 0 aliphatic carbocycles. The Bertz CT molecular complexity index is 626. The van der Waals surface area contributed by atoms with Gasteiger partial charge in [0, 0.05) is 6.20 Å². The second-order valence-corrected chi connectivity index (χ2v) is 4.67. The Morgan fingerprint density at radius 3 is 3.16 bits per heavy atom. The summed E-state index contributed by atoms with van der Waals surface area (Å²) in [6.07, 6.45) is 4.65. The SMILES string of the molecule is Nc1ncnc2c1ccn2C1CCC(C=O)(CO)O1. The average Bonchev–Trinajstić information content (AvgIpc) is 3.03. The van der Waals surface area contributed by atoms with Crippen LogP contribution in [0.4, 0.5) is 5.82 Å². The lowest BCUT2D eigenvalue weighted by molar-refractivity contribution is -0.140. The zero-order valence-corrected chi connectivity index (χ0v) is 10.2. The van der Waals surface area contributed by atoms with Crippen LogP contribution in [0.15, 0.2) is 18.6 Å². The maximum atomic E-state index is 11.1. The minimum atomic E-state index is -1.10. The number of carbonyl (C=O) groups excluding carboxylic acids is 1. The first-order valence-corrected chi connectivity index (χ1v) is 6.01. The van der Waals surface area contributed by atoms with Crippen LogP contribution in [0.1, 0.15) is 19.1 Å². The number of carbonyl (C=O) groups is 1. The molecule has 3 heterocycles. The molecule has 0 bridgehead atoms. The molecule has 1 aliphatic rings. The Balaban J connectivity index is 1.98. The third-order valence-corrected chi connectivity index (χ3v) is 3.52. The molecule has 1 aliphatic heterocycles. The highest BCUT2D eigenvalue weighted by molar-refractivity contribution is 5.86. The summed E-state index contributed by atoms with van der Waals surface area (Å²) >= 11 is 0. The van der Waals surface area contributed by atoms with E-state index < -0.39 is 5.60 Å². The van der Waals surface area contributed by atoms with E-state index in [1.807, 2.05) is 10.6 Å². The largest absolute Gasteiger partial charge is 0.393 e. The molecular formula is C12H14N4O3. The zero-order valence-electron chi connectivity index (χ0n) is 10.2. The predicted molar refractivity (Wildman–Crippen MR) is 67.2 cm³/mol. The average molecular weight is 262 g/mol. The molecule has 1 saturated heterocycles. The normalized spacial score (nSPS) is 26.9. The summed E-state index contributed by atoms with van der Waals surface area (Å²) in [7, 11) is 0. The van der Waals surface area contributed by atoms with Gasteiger partial charge in [-0.2, -0.15) is 0 Å². The summed E-state index contributed by atoms with van der Waals surface area (Å²) in [6, 6.07) is 1.81. The lowest BCUT2D eigenvalue weighted by atomic mass is 10.0. The minimum Gasteiger partial charge on any atom is -0.393 e. The van der Waals surface area contributed by atoms with Crippen LogP contribution in [-0.4, -0.2) is 38.1 Å². The summed E-state index contributed by atoms with van der Waals surface area (Å²) < 4.78 is 7.50. The lowest BCUT2D eigenvalue weighted by Crippen LogP contribution is -2.34. The van der Waals surface area contributed by atoms with Crippen LogP contribution < -0.4 is 5.73 Å². The van der Waals surface area contributed by atoms with E-state index in [1.165, 1.54) is 6.33 Å². The highest BCUT2D eigenvalue weighted by atomic mass is 16.5. The van der Waals surface area contributed by atoms with Gasteiger partial charge in [-0.1, -0.05) is 0 Å². The second kappa shape index (κ2) is 4.29. The number of aliphatic hydroxyl groups is 1. The highest BCUT2D eigenvalue weighted by Crippen LogP contribution is 2.36. The standard InChI is InChI=1S/C12H14N4O3/c13-10-8-2-4-16(11(8)15-7-14-10)9-1-3-12(5-17,6-18)19-9/h2,4-5,7,9,18H,1,3,6H2,(H2,13,14,15). The lowest BCUT2D eigenvalue weighted by Gasteiger charge is -2.21. The molecule has 0 spiro atoms. The number of hydrogen-bond acceptors (Lipinski definition) is 6. The highest BCUT2D eigenvalue weighted by Gasteiger charge is 2.40. The third-order valence-electron chi connectivity index (χ3n) is 3.52. The summed E-state index contributed by atoms with van der Waals surface area (Å²) in [4.78, 5) is 19.2. The number of fused-ring (bicyclic) bond motifs is 1. The van der Waals surface area contributed by atoms with Crippen LogP contribution in [0.2, 0.25) is 0 Å². The Kier molecular flexibility index (Phi) is 2.72. The van der Waals surface area contributed by atoms with E-state index in [-0.39, 0.29) is 12.8 Å². The molecular weight excluding hydrogens is 248 g/mol. The van der Waals surface area contributed by atoms with Crippen molar-refractivity contribution in [2.75, 3.05) is 12.3 Å². The number of hydrogen-bond donors (Lipinski definition) is 2. The first kappa shape index (κ1) is 12.1. The van der Waals surface area contributed by atoms with Crippen molar-refractivity contribution in [3.05, 3.63) is 18.6 Å². The van der Waals surface area contributed by atoms with Gasteiger partial charge in [-0.05, 0) is 18.9 Å². The monoisotopic (exact) mass is 262 g/mol. The summed E-state index contributed by atoms with van der Waals surface area (Å²) in [5.41, 5.74) is 5.34. The number of rotatable bonds is 3. The molecule has 1 fully saturated rings. The number of anilines is 1. The summed E-state index contributed by atoms with van der Waals surface area (Å²) in [6.45, 7) is -0.316. The maximum absolute atomic E-state index is 11.1. The topological polar surface area (TPSA) is 103 Å². The molecule has 19 heavy (non-hydrogen) atoms. The van der Waals surface area contributed by atoms with Crippen molar-refractivity contribution >= 4 is 23.1 Å². The van der Waals surface area contributed by atoms with Crippen molar-refractivity contribution in [1.82, 2.24) is 14.5 Å². The van der Waals surface area contributed by atoms with Gasteiger partial charge in [0.15, 0.2) is 6.29 Å². The molecule has 3 rings (SSSR count). The molecule has 0 radical (unpaired) electrons. The van der Waals surface area contributed by atoms with E-state index in [0.717, 1.165) is 5.39 Å². The van der Waals surface area contributed by atoms with E-state index in [0.29, 0.717) is 30.6 Å². The first-order chi connectivity index (χ1) is 9.19. The van der Waals surface area contributed by atoms with Crippen molar-refractivity contribution in [2.24, 2.45) is 0 Å². The van der Waals surface area contributed by atoms with Crippen molar-refractivity contribution in [1.29, 1.82) is 0 Å². The van der Waals surface area contributed by atoms with Crippen LogP contribution >= 0.6 is 0 Å². The molecule has 2 aromatic heterocycles. The molecule has 100 valence electrons. The van der Waals surface area contributed by atoms with Gasteiger partial charge in [0.2, 0.25) is 0 Å². The molecule has 0 saturated carbocycles. The number of nitrogen functional groups attached to an aromatic ring is 1. The Hall–Kier alpha value is -1.99. The number of nitrogens with two attached hydrogens (primary N) is 1. The van der Waals surface area contributed by atoms with Crippen molar-refractivity contribution in [3.8, 4) is 0 Å². The summed E-state index contributed by atoms with van der Waals surface area (Å²) in [5.74, 6) is 0.408. The van der Waals surface area contributed by atoms with E-state index in [1.54, 1.807) is 6.20 Å². The van der Waals surface area contributed by atoms with Crippen LogP contribution in [-0.2, 0) is 9.53 Å². The summed E-state index contributed by atoms with van der Waals surface area (Å²) in [5, 5.41) is 10.0. The van der Waals surface area contributed by atoms with Gasteiger partial charge in [0.25, 0.3) is 0 Å². The molecule has 2 atom stereocenters. The molecule has 7 heteroatoms. The van der Waals surface area contributed by atoms with E-state index in [2.05, 4.69) is 9.97 Å². The van der Waals surface area contributed by atoms with Gasteiger partial charge in [0.1, 0.15) is 29.6 Å². The van der Waals surface area contributed by atoms with Gasteiger partial charge in [-0.25, -0.2) is 9.97 Å².